The summed E-state index contributed by atoms with van der Waals surface area (Å²) in [5, 5.41) is 12.6. The third kappa shape index (κ3) is 3.09. The first-order valence-electron chi connectivity index (χ1n) is 8.34. The lowest BCUT2D eigenvalue weighted by atomic mass is 9.63. The summed E-state index contributed by atoms with van der Waals surface area (Å²) >= 11 is 3.42. The summed E-state index contributed by atoms with van der Waals surface area (Å²) in [6, 6.07) is 7.84. The van der Waals surface area contributed by atoms with Crippen molar-refractivity contribution in [3.63, 3.8) is 0 Å². The van der Waals surface area contributed by atoms with Crippen molar-refractivity contribution in [3.05, 3.63) is 34.3 Å². The molecule has 3 rings (SSSR count). The van der Waals surface area contributed by atoms with Crippen LogP contribution in [0.25, 0.3) is 0 Å². The maximum absolute atomic E-state index is 12.9. The normalized spacial score (nSPS) is 21.5. The number of carboxylic acids is 1. The van der Waals surface area contributed by atoms with Crippen LogP contribution in [-0.2, 0) is 19.7 Å². The van der Waals surface area contributed by atoms with Gasteiger partial charge in [0.15, 0.2) is 0 Å². The second-order valence-electron chi connectivity index (χ2n) is 6.82. The number of hydrogen-bond acceptors (Lipinski definition) is 3. The van der Waals surface area contributed by atoms with Crippen LogP contribution < -0.4 is 5.32 Å². The molecule has 24 heavy (non-hydrogen) atoms. The number of nitrogens with one attached hydrogen (secondary N) is 1. The summed E-state index contributed by atoms with van der Waals surface area (Å²) in [5.74, 6) is -0.902. The molecule has 1 aromatic rings. The van der Waals surface area contributed by atoms with Gasteiger partial charge in [0.1, 0.15) is 0 Å². The Morgan fingerprint density at radius 3 is 2.25 bits per heavy atom. The van der Waals surface area contributed by atoms with Gasteiger partial charge in [-0.2, -0.15) is 0 Å². The molecule has 5 nitrogen and oxygen atoms in total. The number of hydrogen-bond donors (Lipinski definition) is 2. The van der Waals surface area contributed by atoms with Crippen molar-refractivity contribution in [2.45, 2.75) is 37.5 Å². The quantitative estimate of drug-likeness (QED) is 0.803. The second kappa shape index (κ2) is 6.84. The van der Waals surface area contributed by atoms with Crippen molar-refractivity contribution < 1.29 is 19.4 Å². The Hall–Kier alpha value is -1.40. The van der Waals surface area contributed by atoms with Gasteiger partial charge in [-0.1, -0.05) is 34.5 Å². The van der Waals surface area contributed by atoms with E-state index in [4.69, 9.17) is 4.74 Å². The van der Waals surface area contributed by atoms with Crippen molar-refractivity contribution in [1.82, 2.24) is 5.32 Å². The molecule has 1 amide bonds. The van der Waals surface area contributed by atoms with E-state index in [-0.39, 0.29) is 12.5 Å². The Labute approximate surface area is 149 Å². The highest BCUT2D eigenvalue weighted by Gasteiger charge is 2.47. The van der Waals surface area contributed by atoms with Gasteiger partial charge in [0.2, 0.25) is 5.91 Å². The zero-order chi connectivity index (χ0) is 17.2. The molecule has 2 fully saturated rings. The summed E-state index contributed by atoms with van der Waals surface area (Å²) in [6.07, 6.45) is 3.51. The lowest BCUT2D eigenvalue weighted by molar-refractivity contribution is -0.155. The SMILES string of the molecule is O=C(O)C1(CNC(=O)C2(c3ccc(Br)cc3)CCC2)CCOCC1. The van der Waals surface area contributed by atoms with Crippen molar-refractivity contribution in [2.24, 2.45) is 5.41 Å². The average Bonchev–Trinajstić information content (AvgIpc) is 2.54. The Balaban J connectivity index is 1.73. The van der Waals surface area contributed by atoms with Gasteiger partial charge in [-0.05, 0) is 43.4 Å². The van der Waals surface area contributed by atoms with Crippen LogP contribution in [0.5, 0.6) is 0 Å². The van der Waals surface area contributed by atoms with E-state index in [1.807, 2.05) is 24.3 Å². The number of rotatable bonds is 5. The van der Waals surface area contributed by atoms with Gasteiger partial charge in [-0.3, -0.25) is 9.59 Å². The molecule has 0 atom stereocenters. The molecule has 2 N–H and O–H groups in total. The van der Waals surface area contributed by atoms with Crippen LogP contribution in [0.3, 0.4) is 0 Å². The number of halogens is 1. The van der Waals surface area contributed by atoms with E-state index in [2.05, 4.69) is 21.2 Å². The molecular weight excluding hydrogens is 374 g/mol. The lowest BCUT2D eigenvalue weighted by Gasteiger charge is -2.42. The molecular formula is C18H22BrNO4. The van der Waals surface area contributed by atoms with Crippen LogP contribution in [0.2, 0.25) is 0 Å². The van der Waals surface area contributed by atoms with Gasteiger partial charge in [0, 0.05) is 24.2 Å². The fourth-order valence-corrected chi connectivity index (χ4v) is 3.86. The molecule has 0 radical (unpaired) electrons. The van der Waals surface area contributed by atoms with E-state index >= 15 is 0 Å². The highest BCUT2D eigenvalue weighted by Crippen LogP contribution is 2.44. The molecule has 0 unspecified atom stereocenters. The monoisotopic (exact) mass is 395 g/mol. The summed E-state index contributed by atoms with van der Waals surface area (Å²) in [4.78, 5) is 24.6. The minimum Gasteiger partial charge on any atom is -0.481 e. The Kier molecular flexibility index (Phi) is 4.97. The number of amides is 1. The van der Waals surface area contributed by atoms with Crippen LogP contribution in [-0.4, -0.2) is 36.7 Å². The number of carbonyl (C=O) groups is 2. The predicted molar refractivity (Wildman–Crippen MR) is 92.8 cm³/mol. The summed E-state index contributed by atoms with van der Waals surface area (Å²) in [7, 11) is 0. The highest BCUT2D eigenvalue weighted by atomic mass is 79.9. The molecule has 0 spiro atoms. The molecule has 0 bridgehead atoms. The first kappa shape index (κ1) is 17.4. The van der Waals surface area contributed by atoms with E-state index in [0.29, 0.717) is 26.1 Å². The van der Waals surface area contributed by atoms with Crippen molar-refractivity contribution in [1.29, 1.82) is 0 Å². The zero-order valence-electron chi connectivity index (χ0n) is 13.5. The van der Waals surface area contributed by atoms with Gasteiger partial charge in [-0.25, -0.2) is 0 Å². The van der Waals surface area contributed by atoms with Crippen molar-refractivity contribution >= 4 is 27.8 Å². The summed E-state index contributed by atoms with van der Waals surface area (Å²) in [6.45, 7) is 1.03. The number of aliphatic carboxylic acids is 1. The van der Waals surface area contributed by atoms with E-state index in [1.54, 1.807) is 0 Å². The lowest BCUT2D eigenvalue weighted by Crippen LogP contribution is -2.53. The molecule has 6 heteroatoms. The second-order valence-corrected chi connectivity index (χ2v) is 7.74. The van der Waals surface area contributed by atoms with E-state index in [1.165, 1.54) is 0 Å². The van der Waals surface area contributed by atoms with Crippen molar-refractivity contribution in [2.75, 3.05) is 19.8 Å². The topological polar surface area (TPSA) is 75.6 Å². The van der Waals surface area contributed by atoms with Gasteiger partial charge < -0.3 is 15.2 Å². The molecule has 1 aromatic carbocycles. The molecule has 1 saturated carbocycles. The Bertz CT molecular complexity index is 618. The van der Waals surface area contributed by atoms with Crippen molar-refractivity contribution in [3.8, 4) is 0 Å². The van der Waals surface area contributed by atoms with Crippen LogP contribution in [0, 0.1) is 5.41 Å². The minimum absolute atomic E-state index is 0.0526. The van der Waals surface area contributed by atoms with Crippen LogP contribution in [0.1, 0.15) is 37.7 Å². The molecule has 1 aliphatic heterocycles. The number of ether oxygens (including phenoxy) is 1. The molecule has 0 aromatic heterocycles. The Morgan fingerprint density at radius 1 is 1.12 bits per heavy atom. The predicted octanol–water partition coefficient (Wildman–Crippen LogP) is 2.87. The molecule has 2 aliphatic rings. The molecule has 1 aliphatic carbocycles. The molecule has 1 heterocycles. The van der Waals surface area contributed by atoms with Crippen LogP contribution in [0.4, 0.5) is 0 Å². The molecule has 1 saturated heterocycles. The average molecular weight is 396 g/mol. The number of benzene rings is 1. The van der Waals surface area contributed by atoms with Gasteiger partial charge in [0.25, 0.3) is 0 Å². The highest BCUT2D eigenvalue weighted by molar-refractivity contribution is 9.10. The van der Waals surface area contributed by atoms with Gasteiger partial charge >= 0.3 is 5.97 Å². The van der Waals surface area contributed by atoms with Crippen LogP contribution in [0.15, 0.2) is 28.7 Å². The molecule has 130 valence electrons. The largest absolute Gasteiger partial charge is 0.481 e. The van der Waals surface area contributed by atoms with E-state index in [0.717, 1.165) is 29.3 Å². The number of carbonyl (C=O) groups excluding carboxylic acids is 1. The summed E-state index contributed by atoms with van der Waals surface area (Å²) in [5.41, 5.74) is -0.407. The summed E-state index contributed by atoms with van der Waals surface area (Å²) < 4.78 is 6.26. The third-order valence-corrected chi connectivity index (χ3v) is 6.06. The smallest absolute Gasteiger partial charge is 0.311 e. The first-order valence-corrected chi connectivity index (χ1v) is 9.13. The fraction of sp³-hybridized carbons (Fsp3) is 0.556. The standard InChI is InChI=1S/C18H22BrNO4/c19-14-4-2-13(3-5-14)18(6-1-7-18)15(21)20-12-17(16(22)23)8-10-24-11-9-17/h2-5H,1,6-12H2,(H,20,21)(H,22,23). The fourth-order valence-electron chi connectivity index (χ4n) is 3.59. The van der Waals surface area contributed by atoms with Gasteiger partial charge in [0.05, 0.1) is 10.8 Å². The maximum Gasteiger partial charge on any atom is 0.311 e. The minimum atomic E-state index is -0.904. The van der Waals surface area contributed by atoms with Crippen LogP contribution >= 0.6 is 15.9 Å². The Morgan fingerprint density at radius 2 is 1.75 bits per heavy atom. The van der Waals surface area contributed by atoms with E-state index < -0.39 is 16.8 Å². The maximum atomic E-state index is 12.9. The third-order valence-electron chi connectivity index (χ3n) is 5.53. The van der Waals surface area contributed by atoms with Gasteiger partial charge in [-0.15, -0.1) is 0 Å². The first-order chi connectivity index (χ1) is 11.5. The van der Waals surface area contributed by atoms with E-state index in [9.17, 15) is 14.7 Å². The number of carboxylic acid groups (broad SMARTS) is 1. The zero-order valence-corrected chi connectivity index (χ0v) is 15.1.